The molecule has 4 unspecified atom stereocenters. The van der Waals surface area contributed by atoms with Crippen LogP contribution in [0.2, 0.25) is 0 Å². The highest BCUT2D eigenvalue weighted by molar-refractivity contribution is 7.71. The molecule has 5 rings (SSSR count). The standard InChI is InChI=1S/C16H22N4OS/c21-15(13-11-9-3-4-10(7-9)12(11)13)17-5-6-20-14(8-1-2-8)18-19-16(20)22/h8-13H,1-7H2,(H,17,21)(H,19,22). The van der Waals surface area contributed by atoms with Gasteiger partial charge in [-0.25, -0.2) is 0 Å². The van der Waals surface area contributed by atoms with Crippen LogP contribution >= 0.6 is 12.2 Å². The number of aromatic amines is 1. The van der Waals surface area contributed by atoms with E-state index in [-0.39, 0.29) is 5.91 Å². The van der Waals surface area contributed by atoms with Crippen molar-refractivity contribution in [2.24, 2.45) is 29.6 Å². The summed E-state index contributed by atoms with van der Waals surface area (Å²) in [5.74, 6) is 5.40. The lowest BCUT2D eigenvalue weighted by molar-refractivity contribution is -0.123. The molecule has 0 aromatic carbocycles. The zero-order chi connectivity index (χ0) is 14.8. The van der Waals surface area contributed by atoms with Gasteiger partial charge in [0.05, 0.1) is 0 Å². The maximum Gasteiger partial charge on any atom is 0.223 e. The van der Waals surface area contributed by atoms with Gasteiger partial charge in [-0.3, -0.25) is 9.89 Å². The van der Waals surface area contributed by atoms with Crippen molar-refractivity contribution in [2.75, 3.05) is 6.54 Å². The smallest absolute Gasteiger partial charge is 0.223 e. The Balaban J connectivity index is 1.18. The van der Waals surface area contributed by atoms with Crippen molar-refractivity contribution in [3.63, 3.8) is 0 Å². The van der Waals surface area contributed by atoms with Gasteiger partial charge in [0.25, 0.3) is 0 Å². The predicted octanol–water partition coefficient (Wildman–Crippen LogP) is 2.23. The maximum atomic E-state index is 12.4. The van der Waals surface area contributed by atoms with Gasteiger partial charge in [-0.05, 0) is 68.0 Å². The first-order chi connectivity index (χ1) is 10.7. The van der Waals surface area contributed by atoms with Crippen molar-refractivity contribution in [3.8, 4) is 0 Å². The Kier molecular flexibility index (Phi) is 2.82. The van der Waals surface area contributed by atoms with Gasteiger partial charge in [-0.1, -0.05) is 0 Å². The first kappa shape index (κ1) is 13.3. The van der Waals surface area contributed by atoms with E-state index in [9.17, 15) is 4.79 Å². The Hall–Kier alpha value is -1.17. The van der Waals surface area contributed by atoms with E-state index in [4.69, 9.17) is 12.2 Å². The van der Waals surface area contributed by atoms with E-state index in [1.165, 1.54) is 32.1 Å². The number of nitrogens with one attached hydrogen (secondary N) is 2. The highest BCUT2D eigenvalue weighted by Crippen LogP contribution is 2.69. The van der Waals surface area contributed by atoms with Crippen LogP contribution < -0.4 is 5.32 Å². The lowest BCUT2D eigenvalue weighted by Gasteiger charge is -2.10. The number of carbonyl (C=O) groups is 1. The topological polar surface area (TPSA) is 62.7 Å². The Morgan fingerprint density at radius 2 is 2.00 bits per heavy atom. The SMILES string of the molecule is O=C(NCCn1c(C2CC2)n[nH]c1=S)C1C2C3CCC(C3)C12. The van der Waals surface area contributed by atoms with Gasteiger partial charge in [0.15, 0.2) is 4.77 Å². The molecule has 22 heavy (non-hydrogen) atoms. The number of carbonyl (C=O) groups excluding carboxylic acids is 1. The van der Waals surface area contributed by atoms with E-state index >= 15 is 0 Å². The molecule has 1 aromatic rings. The molecule has 4 fully saturated rings. The minimum Gasteiger partial charge on any atom is -0.354 e. The molecule has 0 spiro atoms. The normalized spacial score (nSPS) is 38.1. The van der Waals surface area contributed by atoms with Crippen LogP contribution in [-0.2, 0) is 11.3 Å². The first-order valence-electron chi connectivity index (χ1n) is 8.67. The number of hydrogen-bond donors (Lipinski definition) is 2. The highest BCUT2D eigenvalue weighted by Gasteiger charge is 2.67. The number of rotatable bonds is 5. The van der Waals surface area contributed by atoms with Gasteiger partial charge in [0.1, 0.15) is 5.82 Å². The monoisotopic (exact) mass is 318 g/mol. The van der Waals surface area contributed by atoms with Crippen molar-refractivity contribution in [1.82, 2.24) is 20.1 Å². The molecule has 118 valence electrons. The summed E-state index contributed by atoms with van der Waals surface area (Å²) in [6.07, 6.45) is 6.55. The fourth-order valence-electron chi connectivity index (χ4n) is 5.28. The minimum atomic E-state index is 0.287. The molecule has 0 radical (unpaired) electrons. The second kappa shape index (κ2) is 4.66. The van der Waals surface area contributed by atoms with Gasteiger partial charge in [-0.15, -0.1) is 0 Å². The third kappa shape index (κ3) is 1.92. The van der Waals surface area contributed by atoms with Crippen LogP contribution in [0.25, 0.3) is 0 Å². The number of fused-ring (bicyclic) bond motifs is 5. The van der Waals surface area contributed by atoms with Crippen LogP contribution in [0.3, 0.4) is 0 Å². The number of hydrogen-bond acceptors (Lipinski definition) is 3. The van der Waals surface area contributed by atoms with Crippen LogP contribution in [0.4, 0.5) is 0 Å². The van der Waals surface area contributed by atoms with Crippen molar-refractivity contribution in [1.29, 1.82) is 0 Å². The summed E-state index contributed by atoms with van der Waals surface area (Å²) in [6.45, 7) is 1.40. The fourth-order valence-corrected chi connectivity index (χ4v) is 5.51. The molecule has 4 aliphatic carbocycles. The zero-order valence-electron chi connectivity index (χ0n) is 12.6. The van der Waals surface area contributed by atoms with Gasteiger partial charge < -0.3 is 9.88 Å². The summed E-state index contributed by atoms with van der Waals surface area (Å²) in [5, 5.41) is 10.4. The fraction of sp³-hybridized carbons (Fsp3) is 0.812. The van der Waals surface area contributed by atoms with Crippen LogP contribution in [0.1, 0.15) is 43.8 Å². The maximum absolute atomic E-state index is 12.4. The number of aromatic nitrogens is 3. The molecule has 0 saturated heterocycles. The largest absolute Gasteiger partial charge is 0.354 e. The molecule has 1 amide bonds. The van der Waals surface area contributed by atoms with Crippen LogP contribution in [0.5, 0.6) is 0 Å². The Morgan fingerprint density at radius 3 is 2.68 bits per heavy atom. The second-order valence-electron chi connectivity index (χ2n) is 7.62. The average molecular weight is 318 g/mol. The summed E-state index contributed by atoms with van der Waals surface area (Å²) in [7, 11) is 0. The van der Waals surface area contributed by atoms with Crippen molar-refractivity contribution in [3.05, 3.63) is 10.6 Å². The van der Waals surface area contributed by atoms with E-state index in [0.29, 0.717) is 23.2 Å². The highest BCUT2D eigenvalue weighted by atomic mass is 32.1. The molecular formula is C16H22N4OS. The van der Waals surface area contributed by atoms with E-state index < -0.39 is 0 Å². The van der Waals surface area contributed by atoms with Crippen molar-refractivity contribution < 1.29 is 4.79 Å². The molecular weight excluding hydrogens is 296 g/mol. The molecule has 0 aliphatic heterocycles. The van der Waals surface area contributed by atoms with Crippen molar-refractivity contribution in [2.45, 2.75) is 44.6 Å². The van der Waals surface area contributed by atoms with E-state index in [0.717, 1.165) is 36.0 Å². The van der Waals surface area contributed by atoms with Crippen LogP contribution in [-0.4, -0.2) is 27.2 Å². The van der Waals surface area contributed by atoms with Crippen LogP contribution in [0.15, 0.2) is 0 Å². The zero-order valence-corrected chi connectivity index (χ0v) is 13.4. The van der Waals surface area contributed by atoms with Crippen molar-refractivity contribution >= 4 is 18.1 Å². The van der Waals surface area contributed by atoms with E-state index in [1.807, 2.05) is 0 Å². The summed E-state index contributed by atoms with van der Waals surface area (Å²) < 4.78 is 2.74. The molecule has 4 atom stereocenters. The van der Waals surface area contributed by atoms with E-state index in [1.54, 1.807) is 0 Å². The average Bonchev–Trinajstić information content (AvgIpc) is 3.39. The Morgan fingerprint density at radius 1 is 1.27 bits per heavy atom. The number of H-pyrrole nitrogens is 1. The predicted molar refractivity (Wildman–Crippen MR) is 83.7 cm³/mol. The third-order valence-electron chi connectivity index (χ3n) is 6.40. The van der Waals surface area contributed by atoms with Crippen LogP contribution in [0, 0.1) is 34.4 Å². The van der Waals surface area contributed by atoms with Gasteiger partial charge in [-0.2, -0.15) is 5.10 Å². The molecule has 2 N–H and O–H groups in total. The van der Waals surface area contributed by atoms with Gasteiger partial charge in [0, 0.05) is 24.9 Å². The van der Waals surface area contributed by atoms with Gasteiger partial charge in [0.2, 0.25) is 5.91 Å². The molecule has 1 aromatic heterocycles. The lowest BCUT2D eigenvalue weighted by atomic mass is 10.0. The minimum absolute atomic E-state index is 0.287. The summed E-state index contributed by atoms with van der Waals surface area (Å²) in [5.41, 5.74) is 0. The molecule has 5 nitrogen and oxygen atoms in total. The number of amides is 1. The Bertz CT molecular complexity index is 660. The molecule has 4 aliphatic rings. The molecule has 2 bridgehead atoms. The van der Waals surface area contributed by atoms with Gasteiger partial charge >= 0.3 is 0 Å². The second-order valence-corrected chi connectivity index (χ2v) is 8.00. The lowest BCUT2D eigenvalue weighted by Crippen LogP contribution is -2.30. The first-order valence-corrected chi connectivity index (χ1v) is 9.07. The molecule has 1 heterocycles. The summed E-state index contributed by atoms with van der Waals surface area (Å²) >= 11 is 5.30. The van der Waals surface area contributed by atoms with E-state index in [2.05, 4.69) is 20.1 Å². The summed E-state index contributed by atoms with van der Waals surface area (Å²) in [4.78, 5) is 12.4. The molecule has 6 heteroatoms. The third-order valence-corrected chi connectivity index (χ3v) is 6.71. The number of nitrogens with zero attached hydrogens (tertiary/aromatic N) is 2. The summed E-state index contributed by atoms with van der Waals surface area (Å²) in [6, 6.07) is 0. The molecule has 4 saturated carbocycles. The quantitative estimate of drug-likeness (QED) is 0.818. The Labute approximate surface area is 134 Å².